The summed E-state index contributed by atoms with van der Waals surface area (Å²) in [5.41, 5.74) is 1.70. The van der Waals surface area contributed by atoms with Gasteiger partial charge in [-0.3, -0.25) is 0 Å². The SMILES string of the molecule is COCCc1ccc(Oc2cccc(F)c2CBr)cc1. The zero-order valence-electron chi connectivity index (χ0n) is 11.2. The Kier molecular flexibility index (Phi) is 5.56. The number of halogens is 2. The lowest BCUT2D eigenvalue weighted by molar-refractivity contribution is 0.202. The van der Waals surface area contributed by atoms with Gasteiger partial charge in [-0.05, 0) is 36.2 Å². The van der Waals surface area contributed by atoms with E-state index in [1.165, 1.54) is 11.6 Å². The molecule has 0 aliphatic heterocycles. The van der Waals surface area contributed by atoms with Crippen LogP contribution in [0.25, 0.3) is 0 Å². The zero-order chi connectivity index (χ0) is 14.4. The van der Waals surface area contributed by atoms with Gasteiger partial charge in [-0.15, -0.1) is 0 Å². The average molecular weight is 339 g/mol. The topological polar surface area (TPSA) is 18.5 Å². The third-order valence-electron chi connectivity index (χ3n) is 2.96. The zero-order valence-corrected chi connectivity index (χ0v) is 12.8. The van der Waals surface area contributed by atoms with Crippen molar-refractivity contribution < 1.29 is 13.9 Å². The summed E-state index contributed by atoms with van der Waals surface area (Å²) in [4.78, 5) is 0. The smallest absolute Gasteiger partial charge is 0.134 e. The molecule has 0 amide bonds. The number of methoxy groups -OCH3 is 1. The summed E-state index contributed by atoms with van der Waals surface area (Å²) < 4.78 is 24.4. The van der Waals surface area contributed by atoms with Crippen LogP contribution in [0.3, 0.4) is 0 Å². The number of benzene rings is 2. The van der Waals surface area contributed by atoms with Gasteiger partial charge in [-0.1, -0.05) is 34.1 Å². The molecular weight excluding hydrogens is 323 g/mol. The van der Waals surface area contributed by atoms with E-state index in [0.29, 0.717) is 29.0 Å². The van der Waals surface area contributed by atoms with Crippen molar-refractivity contribution in [2.45, 2.75) is 11.8 Å². The minimum absolute atomic E-state index is 0.268. The highest BCUT2D eigenvalue weighted by Gasteiger charge is 2.09. The van der Waals surface area contributed by atoms with Gasteiger partial charge in [0, 0.05) is 18.0 Å². The van der Waals surface area contributed by atoms with E-state index in [1.54, 1.807) is 19.2 Å². The first-order valence-electron chi connectivity index (χ1n) is 6.33. The molecule has 0 bridgehead atoms. The summed E-state index contributed by atoms with van der Waals surface area (Å²) >= 11 is 3.28. The standard InChI is InChI=1S/C16H16BrFO2/c1-19-10-9-12-5-7-13(8-6-12)20-16-4-2-3-15(18)14(16)11-17/h2-8H,9-11H2,1H3. The van der Waals surface area contributed by atoms with Crippen molar-refractivity contribution >= 4 is 15.9 Å². The highest BCUT2D eigenvalue weighted by atomic mass is 79.9. The largest absolute Gasteiger partial charge is 0.457 e. The molecule has 0 aromatic heterocycles. The lowest BCUT2D eigenvalue weighted by Crippen LogP contribution is -1.95. The maximum Gasteiger partial charge on any atom is 0.134 e. The Balaban J connectivity index is 2.12. The highest BCUT2D eigenvalue weighted by Crippen LogP contribution is 2.29. The predicted octanol–water partition coefficient (Wildman–Crippen LogP) is 4.70. The molecule has 20 heavy (non-hydrogen) atoms. The van der Waals surface area contributed by atoms with Crippen LogP contribution in [0, 0.1) is 5.82 Å². The van der Waals surface area contributed by atoms with Crippen molar-refractivity contribution in [1.29, 1.82) is 0 Å². The molecule has 0 saturated carbocycles. The molecule has 2 nitrogen and oxygen atoms in total. The van der Waals surface area contributed by atoms with Gasteiger partial charge in [0.25, 0.3) is 0 Å². The second-order valence-electron chi connectivity index (χ2n) is 4.34. The first-order chi connectivity index (χ1) is 9.74. The minimum Gasteiger partial charge on any atom is -0.457 e. The number of hydrogen-bond donors (Lipinski definition) is 0. The first kappa shape index (κ1) is 15.0. The van der Waals surface area contributed by atoms with Crippen molar-refractivity contribution in [2.75, 3.05) is 13.7 Å². The summed E-state index contributed by atoms with van der Waals surface area (Å²) in [5.74, 6) is 0.960. The Morgan fingerprint density at radius 3 is 2.50 bits per heavy atom. The van der Waals surface area contributed by atoms with Crippen LogP contribution in [0.15, 0.2) is 42.5 Å². The third kappa shape index (κ3) is 3.81. The van der Waals surface area contributed by atoms with Gasteiger partial charge < -0.3 is 9.47 Å². The van der Waals surface area contributed by atoms with Crippen molar-refractivity contribution in [3.8, 4) is 11.5 Å². The molecular formula is C16H16BrFO2. The summed E-state index contributed by atoms with van der Waals surface area (Å²) in [7, 11) is 1.68. The van der Waals surface area contributed by atoms with Gasteiger partial charge in [-0.2, -0.15) is 0 Å². The fraction of sp³-hybridized carbons (Fsp3) is 0.250. The maximum atomic E-state index is 13.6. The first-order valence-corrected chi connectivity index (χ1v) is 7.46. The molecule has 0 N–H and O–H groups in total. The van der Waals surface area contributed by atoms with Crippen LogP contribution in [0.1, 0.15) is 11.1 Å². The number of rotatable bonds is 6. The summed E-state index contributed by atoms with van der Waals surface area (Å²) in [6.07, 6.45) is 0.864. The molecule has 2 rings (SSSR count). The van der Waals surface area contributed by atoms with Crippen LogP contribution in [0.4, 0.5) is 4.39 Å². The molecule has 0 saturated heterocycles. The highest BCUT2D eigenvalue weighted by molar-refractivity contribution is 9.08. The second-order valence-corrected chi connectivity index (χ2v) is 4.90. The molecule has 0 fully saturated rings. The molecule has 106 valence electrons. The molecule has 0 unspecified atom stereocenters. The van der Waals surface area contributed by atoms with Crippen LogP contribution in [0.5, 0.6) is 11.5 Å². The summed E-state index contributed by atoms with van der Waals surface area (Å²) in [6, 6.07) is 12.6. The fourth-order valence-corrected chi connectivity index (χ4v) is 2.38. The normalized spacial score (nSPS) is 10.6. The molecule has 2 aromatic carbocycles. The molecule has 0 atom stereocenters. The average Bonchev–Trinajstić information content (AvgIpc) is 2.47. The van der Waals surface area contributed by atoms with Gasteiger partial charge in [0.2, 0.25) is 0 Å². The minimum atomic E-state index is -0.268. The second kappa shape index (κ2) is 7.41. The van der Waals surface area contributed by atoms with Crippen molar-refractivity contribution in [2.24, 2.45) is 0 Å². The van der Waals surface area contributed by atoms with E-state index < -0.39 is 0 Å². The van der Waals surface area contributed by atoms with E-state index in [1.807, 2.05) is 24.3 Å². The van der Waals surface area contributed by atoms with E-state index in [0.717, 1.165) is 6.42 Å². The molecule has 0 aliphatic carbocycles. The van der Waals surface area contributed by atoms with Crippen LogP contribution >= 0.6 is 15.9 Å². The third-order valence-corrected chi connectivity index (χ3v) is 3.52. The van der Waals surface area contributed by atoms with Gasteiger partial charge in [-0.25, -0.2) is 4.39 Å². The Hall–Kier alpha value is -1.39. The van der Waals surface area contributed by atoms with Gasteiger partial charge in [0.1, 0.15) is 17.3 Å². The van der Waals surface area contributed by atoms with Gasteiger partial charge in [0.15, 0.2) is 0 Å². The maximum absolute atomic E-state index is 13.6. The predicted molar refractivity (Wildman–Crippen MR) is 81.1 cm³/mol. The molecule has 0 spiro atoms. The van der Waals surface area contributed by atoms with E-state index in [9.17, 15) is 4.39 Å². The van der Waals surface area contributed by atoms with Crippen LogP contribution in [0.2, 0.25) is 0 Å². The van der Waals surface area contributed by atoms with E-state index in [4.69, 9.17) is 9.47 Å². The van der Waals surface area contributed by atoms with Gasteiger partial charge in [0.05, 0.1) is 6.61 Å². The Bertz CT molecular complexity index is 555. The Morgan fingerprint density at radius 1 is 1.10 bits per heavy atom. The molecule has 0 aliphatic rings. The van der Waals surface area contributed by atoms with Crippen LogP contribution < -0.4 is 4.74 Å². The molecule has 0 heterocycles. The monoisotopic (exact) mass is 338 g/mol. The fourth-order valence-electron chi connectivity index (χ4n) is 1.84. The molecule has 2 aromatic rings. The van der Waals surface area contributed by atoms with Crippen molar-refractivity contribution in [1.82, 2.24) is 0 Å². The number of ether oxygens (including phenoxy) is 2. The Morgan fingerprint density at radius 2 is 1.85 bits per heavy atom. The number of alkyl halides is 1. The molecule has 4 heteroatoms. The van der Waals surface area contributed by atoms with Gasteiger partial charge >= 0.3 is 0 Å². The van der Waals surface area contributed by atoms with Crippen LogP contribution in [-0.2, 0) is 16.5 Å². The number of hydrogen-bond acceptors (Lipinski definition) is 2. The van der Waals surface area contributed by atoms with Crippen molar-refractivity contribution in [3.63, 3.8) is 0 Å². The Labute approximate surface area is 126 Å². The van der Waals surface area contributed by atoms with E-state index in [-0.39, 0.29) is 5.82 Å². The van der Waals surface area contributed by atoms with E-state index in [2.05, 4.69) is 15.9 Å². The lowest BCUT2D eigenvalue weighted by Gasteiger charge is -2.10. The van der Waals surface area contributed by atoms with E-state index >= 15 is 0 Å². The molecule has 0 radical (unpaired) electrons. The van der Waals surface area contributed by atoms with Crippen molar-refractivity contribution in [3.05, 3.63) is 59.4 Å². The lowest BCUT2D eigenvalue weighted by atomic mass is 10.1. The summed E-state index contributed by atoms with van der Waals surface area (Å²) in [5, 5.41) is 0.418. The summed E-state index contributed by atoms with van der Waals surface area (Å²) in [6.45, 7) is 0.692. The van der Waals surface area contributed by atoms with Crippen LogP contribution in [-0.4, -0.2) is 13.7 Å². The quantitative estimate of drug-likeness (QED) is 0.710.